The molecule has 0 amide bonds. The van der Waals surface area contributed by atoms with E-state index in [9.17, 15) is 4.79 Å². The molecule has 0 bridgehead atoms. The number of allylic oxidation sites excluding steroid dienone is 2. The molecule has 1 aromatic heterocycles. The summed E-state index contributed by atoms with van der Waals surface area (Å²) in [7, 11) is 4.19. The van der Waals surface area contributed by atoms with Gasteiger partial charge in [-0.2, -0.15) is 18.1 Å². The number of ketones is 1. The second-order valence-corrected chi connectivity index (χ2v) is 8.14. The van der Waals surface area contributed by atoms with Crippen molar-refractivity contribution in [2.24, 2.45) is 0 Å². The van der Waals surface area contributed by atoms with Crippen LogP contribution in [0.1, 0.15) is 55.9 Å². The summed E-state index contributed by atoms with van der Waals surface area (Å²) < 4.78 is 1.96. The molecule has 1 N–H and O–H groups in total. The third kappa shape index (κ3) is 6.72. The number of fused-ring (bicyclic) bond motifs is 1. The van der Waals surface area contributed by atoms with Crippen molar-refractivity contribution in [1.82, 2.24) is 0 Å². The van der Waals surface area contributed by atoms with Gasteiger partial charge in [0.2, 0.25) is 0 Å². The molecule has 167 valence electrons. The Kier molecular flexibility index (Phi) is 9.55. The summed E-state index contributed by atoms with van der Waals surface area (Å²) in [5, 5.41) is 10.8. The van der Waals surface area contributed by atoms with Crippen molar-refractivity contribution in [1.29, 1.82) is 0 Å². The molecule has 0 aliphatic rings. The van der Waals surface area contributed by atoms with E-state index in [1.807, 2.05) is 10.8 Å². The number of benzene rings is 2. The van der Waals surface area contributed by atoms with Crippen molar-refractivity contribution in [2.45, 2.75) is 47.5 Å². The molecule has 1 heterocycles. The fraction of sp³-hybridized carbons (Fsp3) is 0.259. The molecule has 0 unspecified atom stereocenters. The van der Waals surface area contributed by atoms with E-state index in [0.717, 1.165) is 11.3 Å². The average Bonchev–Trinajstić information content (AvgIpc) is 2.64. The number of aliphatic hydroxyl groups is 1. The maximum Gasteiger partial charge on any atom is 0.155 e. The van der Waals surface area contributed by atoms with Crippen LogP contribution in [0.3, 0.4) is 0 Å². The minimum Gasteiger partial charge on any atom is -0.512 e. The molecule has 0 atom stereocenters. The molecular weight excluding hydrogens is 563 g/mol. The predicted molar refractivity (Wildman–Crippen MR) is 125 cm³/mol. The van der Waals surface area contributed by atoms with Crippen LogP contribution in [0.5, 0.6) is 0 Å². The number of aromatic nitrogens is 1. The van der Waals surface area contributed by atoms with Gasteiger partial charge in [0.15, 0.2) is 5.78 Å². The number of rotatable bonds is 3. The fourth-order valence-corrected chi connectivity index (χ4v) is 3.50. The van der Waals surface area contributed by atoms with Crippen LogP contribution >= 0.6 is 0 Å². The largest absolute Gasteiger partial charge is 0.512 e. The number of carbonyl (C=O) groups excluding carboxylic acids is 1. The van der Waals surface area contributed by atoms with Crippen molar-refractivity contribution in [3.8, 4) is 11.3 Å². The summed E-state index contributed by atoms with van der Waals surface area (Å²) in [5.41, 5.74) is 7.21. The van der Waals surface area contributed by atoms with E-state index in [0.29, 0.717) is 5.92 Å². The molecule has 0 aliphatic carbocycles. The van der Waals surface area contributed by atoms with Gasteiger partial charge in [-0.05, 0) is 49.1 Å². The van der Waals surface area contributed by atoms with Gasteiger partial charge < -0.3 is 9.67 Å². The van der Waals surface area contributed by atoms with E-state index in [1.54, 1.807) is 0 Å². The second kappa shape index (κ2) is 11.2. The predicted octanol–water partition coefficient (Wildman–Crippen LogP) is 6.39. The molecule has 0 spiro atoms. The van der Waals surface area contributed by atoms with Crippen LogP contribution in [0.15, 0.2) is 54.4 Å². The number of hydrogen-bond acceptors (Lipinski definition) is 2. The molecule has 31 heavy (non-hydrogen) atoms. The van der Waals surface area contributed by atoms with Gasteiger partial charge in [-0.25, -0.2) is 0 Å². The minimum atomic E-state index is -0.125. The summed E-state index contributed by atoms with van der Waals surface area (Å²) >= 11 is 0. The van der Waals surface area contributed by atoms with Crippen molar-refractivity contribution < 1.29 is 34.6 Å². The third-order valence-electron chi connectivity index (χ3n) is 5.00. The van der Waals surface area contributed by atoms with Crippen molar-refractivity contribution >= 4 is 16.6 Å². The summed E-state index contributed by atoms with van der Waals surface area (Å²) in [6, 6.07) is 13.3. The Morgan fingerprint density at radius 3 is 2.26 bits per heavy atom. The number of nitrogens with zero attached hydrogens (tertiary/aromatic N) is 1. The van der Waals surface area contributed by atoms with Crippen LogP contribution in [0, 0.1) is 27.8 Å². The van der Waals surface area contributed by atoms with E-state index >= 15 is 0 Å². The normalized spacial score (nSPS) is 11.0. The Labute approximate surface area is 200 Å². The molecule has 2 aromatic carbocycles. The average molecular weight is 595 g/mol. The van der Waals surface area contributed by atoms with Crippen LogP contribution < -0.4 is 4.57 Å². The number of carbonyl (C=O) groups is 1. The van der Waals surface area contributed by atoms with Crippen LogP contribution in [0.2, 0.25) is 0 Å². The summed E-state index contributed by atoms with van der Waals surface area (Å²) in [6.07, 6.45) is 3.21. The molecule has 4 heteroatoms. The van der Waals surface area contributed by atoms with E-state index in [1.165, 1.54) is 52.9 Å². The summed E-state index contributed by atoms with van der Waals surface area (Å²) in [5.74, 6) is 0.465. The first-order valence-electron chi connectivity index (χ1n) is 10.1. The quantitative estimate of drug-likeness (QED) is 0.165. The van der Waals surface area contributed by atoms with Crippen LogP contribution in [0.4, 0.5) is 0 Å². The van der Waals surface area contributed by atoms with Crippen LogP contribution in [-0.2, 0) is 24.9 Å². The Morgan fingerprint density at radius 2 is 1.74 bits per heavy atom. The Bertz CT molecular complexity index is 1110. The van der Waals surface area contributed by atoms with Crippen molar-refractivity contribution in [2.75, 3.05) is 0 Å². The van der Waals surface area contributed by atoms with Crippen LogP contribution in [-0.4, -0.2) is 10.9 Å². The van der Waals surface area contributed by atoms with E-state index in [4.69, 9.17) is 5.11 Å². The van der Waals surface area contributed by atoms with Gasteiger partial charge in [-0.3, -0.25) is 4.79 Å². The SMILES string of the molecule is CC(=O)/C=C(/C)O.[CH2-]c1c(C)cc(C)cc1-c1c2ccc(C(C)C)cc2cc[n+]1[CH2-].[Ir]. The van der Waals surface area contributed by atoms with E-state index < -0.39 is 0 Å². The van der Waals surface area contributed by atoms with E-state index in [2.05, 4.69) is 78.1 Å². The molecule has 0 saturated heterocycles. The molecule has 3 rings (SSSR count). The Balaban J connectivity index is 0.000000523. The molecular formula is C27H32IrNO2-. The third-order valence-corrected chi connectivity index (χ3v) is 5.00. The van der Waals surface area contributed by atoms with Gasteiger partial charge in [0.25, 0.3) is 0 Å². The summed E-state index contributed by atoms with van der Waals surface area (Å²) in [4.78, 5) is 10.0. The van der Waals surface area contributed by atoms with Gasteiger partial charge in [-0.15, -0.1) is 17.7 Å². The monoisotopic (exact) mass is 595 g/mol. The van der Waals surface area contributed by atoms with Gasteiger partial charge >= 0.3 is 0 Å². The molecule has 3 nitrogen and oxygen atoms in total. The smallest absolute Gasteiger partial charge is 0.155 e. The van der Waals surface area contributed by atoms with Gasteiger partial charge in [0.05, 0.1) is 17.6 Å². The van der Waals surface area contributed by atoms with Crippen molar-refractivity contribution in [3.63, 3.8) is 0 Å². The van der Waals surface area contributed by atoms with Gasteiger partial charge in [0.1, 0.15) is 0 Å². The second-order valence-electron chi connectivity index (χ2n) is 8.14. The zero-order chi connectivity index (χ0) is 22.6. The standard InChI is InChI=1S/C22H24N.C5H8O2.Ir/c1-14(2)18-7-8-20-19(13-18)9-10-23(6)22(20)21-12-15(3)11-16(4)17(21)5;1-4(6)3-5(2)7;/h7-14H,5-6H2,1-4H3;3,6H,1-2H3;/q-1;;/b;4-3-;. The number of hydrogen-bond donors (Lipinski definition) is 1. The minimum absolute atomic E-state index is 0. The molecule has 0 aliphatic heterocycles. The maximum atomic E-state index is 10.0. The molecule has 1 radical (unpaired) electrons. The first-order chi connectivity index (χ1) is 14.0. The zero-order valence-electron chi connectivity index (χ0n) is 19.2. The first-order valence-corrected chi connectivity index (χ1v) is 10.1. The zero-order valence-corrected chi connectivity index (χ0v) is 21.6. The Hall–Kier alpha value is -2.55. The first kappa shape index (κ1) is 26.5. The Morgan fingerprint density at radius 1 is 1.10 bits per heavy atom. The number of aliphatic hydroxyl groups excluding tert-OH is 1. The number of pyridine rings is 1. The summed E-state index contributed by atoms with van der Waals surface area (Å²) in [6.45, 7) is 15.8. The van der Waals surface area contributed by atoms with Crippen molar-refractivity contribution in [3.05, 3.63) is 90.7 Å². The fourth-order valence-electron chi connectivity index (χ4n) is 3.50. The topological polar surface area (TPSA) is 41.2 Å². The van der Waals surface area contributed by atoms with Gasteiger partial charge in [0, 0.05) is 33.2 Å². The number of aryl methyl sites for hydroxylation is 2. The molecule has 3 aromatic rings. The van der Waals surface area contributed by atoms with Gasteiger partial charge in [-0.1, -0.05) is 44.5 Å². The van der Waals surface area contributed by atoms with E-state index in [-0.39, 0.29) is 31.6 Å². The van der Waals surface area contributed by atoms with Crippen LogP contribution in [0.25, 0.3) is 22.0 Å². The molecule has 0 saturated carbocycles. The molecule has 0 fully saturated rings. The maximum absolute atomic E-state index is 10.0.